The van der Waals surface area contributed by atoms with Gasteiger partial charge in [-0.3, -0.25) is 0 Å². The monoisotopic (exact) mass is 266 g/mol. The van der Waals surface area contributed by atoms with Gasteiger partial charge in [-0.1, -0.05) is 11.6 Å². The minimum Gasteiger partial charge on any atom is -0.497 e. The van der Waals surface area contributed by atoms with Gasteiger partial charge in [-0.25, -0.2) is 4.79 Å². The molecule has 0 spiro atoms. The number of carbonyl (C=O) groups is 1. The molecule has 2 rings (SSSR count). The van der Waals surface area contributed by atoms with E-state index in [1.54, 1.807) is 32.2 Å². The smallest absolute Gasteiger partial charge is 0.360 e. The molecule has 0 bridgehead atoms. The number of ether oxygens (including phenoxy) is 2. The zero-order valence-corrected chi connectivity index (χ0v) is 10.7. The Bertz CT molecular complexity index is 601. The second kappa shape index (κ2) is 5.18. The Morgan fingerprint density at radius 3 is 2.83 bits per heavy atom. The number of benzene rings is 1. The van der Waals surface area contributed by atoms with E-state index in [1.807, 2.05) is 0 Å². The van der Waals surface area contributed by atoms with Crippen molar-refractivity contribution in [2.75, 3.05) is 13.7 Å². The molecule has 0 atom stereocenters. The first-order valence-corrected chi connectivity index (χ1v) is 5.72. The highest BCUT2D eigenvalue weighted by atomic mass is 35.5. The van der Waals surface area contributed by atoms with E-state index in [0.29, 0.717) is 16.7 Å². The van der Waals surface area contributed by atoms with Gasteiger partial charge in [0.2, 0.25) is 0 Å². The van der Waals surface area contributed by atoms with E-state index in [2.05, 4.69) is 10.2 Å². The number of fused-ring (bicyclic) bond motifs is 1. The lowest BCUT2D eigenvalue weighted by Crippen LogP contribution is -2.09. The summed E-state index contributed by atoms with van der Waals surface area (Å²) in [5.41, 5.74) is 0.587. The summed E-state index contributed by atoms with van der Waals surface area (Å²) in [7, 11) is 1.56. The molecule has 5 nitrogen and oxygen atoms in total. The highest BCUT2D eigenvalue weighted by molar-refractivity contribution is 6.37. The predicted octanol–water partition coefficient (Wildman–Crippen LogP) is 2.47. The molecular weight excluding hydrogens is 256 g/mol. The van der Waals surface area contributed by atoms with Crippen molar-refractivity contribution in [3.63, 3.8) is 0 Å². The molecule has 18 heavy (non-hydrogen) atoms. The fourth-order valence-electron chi connectivity index (χ4n) is 1.51. The van der Waals surface area contributed by atoms with Crippen molar-refractivity contribution >= 4 is 28.5 Å². The molecule has 1 aromatic heterocycles. The van der Waals surface area contributed by atoms with Crippen LogP contribution in [0.5, 0.6) is 5.75 Å². The molecule has 6 heteroatoms. The zero-order valence-electron chi connectivity index (χ0n) is 9.94. The van der Waals surface area contributed by atoms with Crippen molar-refractivity contribution in [2.24, 2.45) is 0 Å². The van der Waals surface area contributed by atoms with Crippen LogP contribution in [0.4, 0.5) is 0 Å². The van der Waals surface area contributed by atoms with E-state index in [0.717, 1.165) is 0 Å². The number of aromatic nitrogens is 2. The maximum absolute atomic E-state index is 11.6. The standard InChI is InChI=1S/C12H11ClN2O3/c1-3-18-12(16)11-10(13)8-5-4-7(17-2)6-9(8)14-15-11/h4-6H,3H2,1-2H3. The molecule has 0 aliphatic carbocycles. The first-order valence-electron chi connectivity index (χ1n) is 5.34. The first kappa shape index (κ1) is 12.6. The molecule has 0 fully saturated rings. The van der Waals surface area contributed by atoms with Crippen LogP contribution in [0.25, 0.3) is 10.9 Å². The third-order valence-electron chi connectivity index (χ3n) is 2.38. The molecule has 0 saturated carbocycles. The van der Waals surface area contributed by atoms with Crippen LogP contribution in [0.1, 0.15) is 17.4 Å². The summed E-state index contributed by atoms with van der Waals surface area (Å²) >= 11 is 6.12. The lowest BCUT2D eigenvalue weighted by atomic mass is 10.2. The fraction of sp³-hybridized carbons (Fsp3) is 0.250. The normalized spacial score (nSPS) is 10.4. The zero-order chi connectivity index (χ0) is 13.1. The molecule has 0 aliphatic rings. The molecule has 0 N–H and O–H groups in total. The SMILES string of the molecule is CCOC(=O)c1nnc2cc(OC)ccc2c1Cl. The Balaban J connectivity index is 2.54. The number of hydrogen-bond acceptors (Lipinski definition) is 5. The number of halogens is 1. The van der Waals surface area contributed by atoms with Gasteiger partial charge in [0.25, 0.3) is 0 Å². The summed E-state index contributed by atoms with van der Waals surface area (Å²) < 4.78 is 9.93. The Morgan fingerprint density at radius 2 is 2.17 bits per heavy atom. The second-order valence-electron chi connectivity index (χ2n) is 3.47. The quantitative estimate of drug-likeness (QED) is 0.799. The summed E-state index contributed by atoms with van der Waals surface area (Å²) in [6, 6.07) is 5.17. The second-order valence-corrected chi connectivity index (χ2v) is 3.84. The number of esters is 1. The van der Waals surface area contributed by atoms with Crippen LogP contribution in [0.2, 0.25) is 5.02 Å². The third-order valence-corrected chi connectivity index (χ3v) is 2.76. The fourth-order valence-corrected chi connectivity index (χ4v) is 1.79. The van der Waals surface area contributed by atoms with E-state index in [-0.39, 0.29) is 17.3 Å². The summed E-state index contributed by atoms with van der Waals surface area (Å²) in [5, 5.41) is 8.60. The van der Waals surface area contributed by atoms with E-state index in [4.69, 9.17) is 21.1 Å². The van der Waals surface area contributed by atoms with Gasteiger partial charge >= 0.3 is 5.97 Å². The molecule has 1 heterocycles. The minimum absolute atomic E-state index is 0.0242. The number of methoxy groups -OCH3 is 1. The molecular formula is C12H11ClN2O3. The number of carbonyl (C=O) groups excluding carboxylic acids is 1. The lowest BCUT2D eigenvalue weighted by molar-refractivity contribution is 0.0518. The van der Waals surface area contributed by atoms with E-state index in [1.165, 1.54) is 0 Å². The Morgan fingerprint density at radius 1 is 1.39 bits per heavy atom. The van der Waals surface area contributed by atoms with Crippen molar-refractivity contribution in [1.29, 1.82) is 0 Å². The van der Waals surface area contributed by atoms with E-state index < -0.39 is 5.97 Å². The summed E-state index contributed by atoms with van der Waals surface area (Å²) in [6.07, 6.45) is 0. The van der Waals surface area contributed by atoms with Gasteiger partial charge in [0, 0.05) is 11.5 Å². The van der Waals surface area contributed by atoms with Crippen LogP contribution < -0.4 is 4.74 Å². The Labute approximate surface area is 109 Å². The van der Waals surface area contributed by atoms with Crippen LogP contribution in [-0.4, -0.2) is 29.9 Å². The molecule has 0 saturated heterocycles. The predicted molar refractivity (Wildman–Crippen MR) is 67.1 cm³/mol. The van der Waals surface area contributed by atoms with Crippen LogP contribution in [0, 0.1) is 0 Å². The summed E-state index contributed by atoms with van der Waals surface area (Å²) in [4.78, 5) is 11.6. The molecule has 0 radical (unpaired) electrons. The number of rotatable bonds is 3. The molecule has 1 aromatic carbocycles. The Hall–Kier alpha value is -1.88. The highest BCUT2D eigenvalue weighted by Gasteiger charge is 2.17. The van der Waals surface area contributed by atoms with Gasteiger partial charge < -0.3 is 9.47 Å². The van der Waals surface area contributed by atoms with E-state index >= 15 is 0 Å². The average Bonchev–Trinajstić information content (AvgIpc) is 2.38. The molecule has 0 amide bonds. The highest BCUT2D eigenvalue weighted by Crippen LogP contribution is 2.27. The van der Waals surface area contributed by atoms with Crippen LogP contribution in [-0.2, 0) is 4.74 Å². The maximum Gasteiger partial charge on any atom is 0.360 e. The van der Waals surface area contributed by atoms with Gasteiger partial charge in [-0.15, -0.1) is 10.2 Å². The topological polar surface area (TPSA) is 61.3 Å². The van der Waals surface area contributed by atoms with Crippen molar-refractivity contribution in [1.82, 2.24) is 10.2 Å². The molecule has 0 aliphatic heterocycles. The lowest BCUT2D eigenvalue weighted by Gasteiger charge is -2.06. The van der Waals surface area contributed by atoms with Crippen molar-refractivity contribution in [3.8, 4) is 5.75 Å². The summed E-state index contributed by atoms with van der Waals surface area (Å²) in [5.74, 6) is 0.0736. The number of nitrogens with zero attached hydrogens (tertiary/aromatic N) is 2. The third kappa shape index (κ3) is 2.22. The molecule has 2 aromatic rings. The van der Waals surface area contributed by atoms with Crippen LogP contribution in [0.15, 0.2) is 18.2 Å². The summed E-state index contributed by atoms with van der Waals surface area (Å²) in [6.45, 7) is 1.97. The van der Waals surface area contributed by atoms with Gasteiger partial charge in [0.05, 0.1) is 24.3 Å². The molecule has 94 valence electrons. The largest absolute Gasteiger partial charge is 0.497 e. The van der Waals surface area contributed by atoms with Gasteiger partial charge in [0.15, 0.2) is 5.69 Å². The van der Waals surface area contributed by atoms with E-state index in [9.17, 15) is 4.79 Å². The number of hydrogen-bond donors (Lipinski definition) is 0. The van der Waals surface area contributed by atoms with Crippen LogP contribution in [0.3, 0.4) is 0 Å². The van der Waals surface area contributed by atoms with Crippen molar-refractivity contribution in [2.45, 2.75) is 6.92 Å². The minimum atomic E-state index is -0.576. The van der Waals surface area contributed by atoms with Gasteiger partial charge in [0.1, 0.15) is 5.75 Å². The van der Waals surface area contributed by atoms with Crippen molar-refractivity contribution < 1.29 is 14.3 Å². The van der Waals surface area contributed by atoms with Gasteiger partial charge in [-0.05, 0) is 19.1 Å². The van der Waals surface area contributed by atoms with Crippen molar-refractivity contribution in [3.05, 3.63) is 28.9 Å². The molecule has 0 unspecified atom stereocenters. The first-order chi connectivity index (χ1) is 8.67. The Kier molecular flexibility index (Phi) is 3.62. The maximum atomic E-state index is 11.6. The van der Waals surface area contributed by atoms with Gasteiger partial charge in [-0.2, -0.15) is 0 Å². The van der Waals surface area contributed by atoms with Crippen LogP contribution >= 0.6 is 11.6 Å². The average molecular weight is 267 g/mol.